The van der Waals surface area contributed by atoms with E-state index in [4.69, 9.17) is 10.8 Å². The van der Waals surface area contributed by atoms with E-state index in [0.717, 1.165) is 0 Å². The van der Waals surface area contributed by atoms with Gasteiger partial charge in [0.1, 0.15) is 12.4 Å². The van der Waals surface area contributed by atoms with Gasteiger partial charge in [-0.05, 0) is 0 Å². The summed E-state index contributed by atoms with van der Waals surface area (Å²) in [6.45, 7) is 1.34. The maximum Gasteiger partial charge on any atom is 0.326 e. The predicted octanol–water partition coefficient (Wildman–Crippen LogP) is -0.372. The number of hydrogen-bond acceptors (Lipinski definition) is 4. The monoisotopic (exact) mass is 183 g/mol. The summed E-state index contributed by atoms with van der Waals surface area (Å²) in [6, 6.07) is -1.18. The average molecular weight is 183 g/mol. The molecule has 0 fully saturated rings. The summed E-state index contributed by atoms with van der Waals surface area (Å²) in [6.07, 6.45) is 2.54. The molecule has 0 aliphatic rings. The Labute approximate surface area is 74.0 Å². The number of carbonyl (C=O) groups excluding carboxylic acids is 1. The minimum absolute atomic E-state index is 0.169. The normalized spacial score (nSPS) is 12.5. The lowest BCUT2D eigenvalue weighted by Crippen LogP contribution is -2.21. The van der Waals surface area contributed by atoms with E-state index in [1.54, 1.807) is 0 Å². The summed E-state index contributed by atoms with van der Waals surface area (Å²) in [5, 5.41) is 8.52. The maximum atomic E-state index is 10.8. The van der Waals surface area contributed by atoms with Crippen LogP contribution in [0.25, 0.3) is 0 Å². The Balaban J connectivity index is 2.91. The van der Waals surface area contributed by atoms with E-state index < -0.39 is 12.0 Å². The largest absolute Gasteiger partial charge is 0.480 e. The highest BCUT2D eigenvalue weighted by atomic mass is 16.4. The standard InChI is InChI=1S/C7H9N3O3/c1-4(11)10-2-5(9-3-10)6(8)7(12)13/h2-3,6H,8H2,1H3,(H,12,13). The van der Waals surface area contributed by atoms with Gasteiger partial charge < -0.3 is 10.8 Å². The zero-order valence-electron chi connectivity index (χ0n) is 6.97. The Hall–Kier alpha value is -1.69. The van der Waals surface area contributed by atoms with Gasteiger partial charge in [-0.15, -0.1) is 0 Å². The quantitative estimate of drug-likeness (QED) is 0.651. The number of carboxylic acid groups (broad SMARTS) is 1. The molecule has 1 heterocycles. The van der Waals surface area contributed by atoms with E-state index in [-0.39, 0.29) is 11.6 Å². The van der Waals surface area contributed by atoms with Gasteiger partial charge in [-0.2, -0.15) is 0 Å². The molecule has 6 nitrogen and oxygen atoms in total. The third kappa shape index (κ3) is 1.91. The van der Waals surface area contributed by atoms with E-state index in [1.165, 1.54) is 24.0 Å². The fraction of sp³-hybridized carbons (Fsp3) is 0.286. The molecule has 6 heteroatoms. The highest BCUT2D eigenvalue weighted by Gasteiger charge is 2.17. The lowest BCUT2D eigenvalue weighted by atomic mass is 10.2. The summed E-state index contributed by atoms with van der Waals surface area (Å²) < 4.78 is 1.18. The van der Waals surface area contributed by atoms with E-state index in [1.807, 2.05) is 0 Å². The van der Waals surface area contributed by atoms with Crippen LogP contribution in [0, 0.1) is 0 Å². The third-order valence-electron chi connectivity index (χ3n) is 1.55. The number of imidazole rings is 1. The van der Waals surface area contributed by atoms with Crippen molar-refractivity contribution in [2.45, 2.75) is 13.0 Å². The zero-order chi connectivity index (χ0) is 10.0. The molecule has 0 radical (unpaired) electrons. The Kier molecular flexibility index (Phi) is 2.43. The van der Waals surface area contributed by atoms with Crippen molar-refractivity contribution in [1.29, 1.82) is 0 Å². The average Bonchev–Trinajstić information content (AvgIpc) is 2.50. The molecular weight excluding hydrogens is 174 g/mol. The highest BCUT2D eigenvalue weighted by Crippen LogP contribution is 2.06. The molecule has 1 aromatic rings. The van der Waals surface area contributed by atoms with Gasteiger partial charge in [0.2, 0.25) is 5.91 Å². The second-order valence-corrected chi connectivity index (χ2v) is 2.54. The molecule has 3 N–H and O–H groups in total. The maximum absolute atomic E-state index is 10.8. The van der Waals surface area contributed by atoms with Gasteiger partial charge in [-0.25, -0.2) is 4.98 Å². The molecular formula is C7H9N3O3. The number of carbonyl (C=O) groups is 2. The molecule has 0 bridgehead atoms. The van der Waals surface area contributed by atoms with Crippen LogP contribution in [0.4, 0.5) is 0 Å². The van der Waals surface area contributed by atoms with Crippen LogP contribution in [0.1, 0.15) is 23.5 Å². The van der Waals surface area contributed by atoms with Crippen molar-refractivity contribution in [2.75, 3.05) is 0 Å². The summed E-state index contributed by atoms with van der Waals surface area (Å²) in [4.78, 5) is 24.9. The van der Waals surface area contributed by atoms with Crippen molar-refractivity contribution in [2.24, 2.45) is 5.73 Å². The zero-order valence-corrected chi connectivity index (χ0v) is 6.97. The number of hydrogen-bond donors (Lipinski definition) is 2. The van der Waals surface area contributed by atoms with Crippen molar-refractivity contribution in [3.63, 3.8) is 0 Å². The van der Waals surface area contributed by atoms with Gasteiger partial charge in [-0.3, -0.25) is 14.2 Å². The first-order chi connectivity index (χ1) is 6.02. The number of aliphatic carboxylic acids is 1. The Morgan fingerprint density at radius 3 is 2.69 bits per heavy atom. The lowest BCUT2D eigenvalue weighted by Gasteiger charge is -1.99. The highest BCUT2D eigenvalue weighted by molar-refractivity contribution is 5.77. The minimum Gasteiger partial charge on any atom is -0.480 e. The molecule has 0 aliphatic heterocycles. The van der Waals surface area contributed by atoms with E-state index >= 15 is 0 Å². The van der Waals surface area contributed by atoms with Crippen molar-refractivity contribution in [3.8, 4) is 0 Å². The molecule has 0 amide bonds. The number of nitrogens with two attached hydrogens (primary N) is 1. The second-order valence-electron chi connectivity index (χ2n) is 2.54. The lowest BCUT2D eigenvalue weighted by molar-refractivity contribution is -0.138. The first-order valence-corrected chi connectivity index (χ1v) is 3.55. The summed E-state index contributed by atoms with van der Waals surface area (Å²) in [7, 11) is 0. The van der Waals surface area contributed by atoms with Crippen molar-refractivity contribution in [1.82, 2.24) is 9.55 Å². The summed E-state index contributed by atoms with van der Waals surface area (Å²) >= 11 is 0. The fourth-order valence-corrected chi connectivity index (χ4v) is 0.797. The van der Waals surface area contributed by atoms with E-state index in [9.17, 15) is 9.59 Å². The first kappa shape index (κ1) is 9.40. The van der Waals surface area contributed by atoms with Gasteiger partial charge in [-0.1, -0.05) is 0 Å². The molecule has 0 spiro atoms. The van der Waals surface area contributed by atoms with Crippen LogP contribution in [0.2, 0.25) is 0 Å². The van der Waals surface area contributed by atoms with Crippen LogP contribution in [0.5, 0.6) is 0 Å². The van der Waals surface area contributed by atoms with Crippen LogP contribution in [0.15, 0.2) is 12.5 Å². The smallest absolute Gasteiger partial charge is 0.326 e. The SMILES string of the molecule is CC(=O)n1cnc(C(N)C(=O)O)c1. The predicted molar refractivity (Wildman–Crippen MR) is 43.1 cm³/mol. The van der Waals surface area contributed by atoms with Crippen LogP contribution < -0.4 is 5.73 Å². The number of rotatable bonds is 2. The van der Waals surface area contributed by atoms with Crippen molar-refractivity contribution in [3.05, 3.63) is 18.2 Å². The molecule has 0 saturated carbocycles. The topological polar surface area (TPSA) is 98.2 Å². The molecule has 0 saturated heterocycles. The number of nitrogens with zero attached hydrogens (tertiary/aromatic N) is 2. The molecule has 1 aromatic heterocycles. The summed E-state index contributed by atoms with van der Waals surface area (Å²) in [5.74, 6) is -1.41. The number of carboxylic acids is 1. The third-order valence-corrected chi connectivity index (χ3v) is 1.55. The molecule has 0 aliphatic carbocycles. The Morgan fingerprint density at radius 1 is 1.69 bits per heavy atom. The van der Waals surface area contributed by atoms with Crippen molar-refractivity contribution >= 4 is 11.9 Å². The van der Waals surface area contributed by atoms with Crippen LogP contribution in [-0.2, 0) is 4.79 Å². The van der Waals surface area contributed by atoms with Crippen LogP contribution in [-0.4, -0.2) is 26.5 Å². The fourth-order valence-electron chi connectivity index (χ4n) is 0.797. The molecule has 1 atom stereocenters. The second kappa shape index (κ2) is 3.36. The Morgan fingerprint density at radius 2 is 2.31 bits per heavy atom. The molecule has 13 heavy (non-hydrogen) atoms. The molecule has 0 aromatic carbocycles. The van der Waals surface area contributed by atoms with Crippen molar-refractivity contribution < 1.29 is 14.7 Å². The molecule has 1 rings (SSSR count). The van der Waals surface area contributed by atoms with Crippen LogP contribution >= 0.6 is 0 Å². The Bertz CT molecular complexity index is 345. The van der Waals surface area contributed by atoms with Gasteiger partial charge >= 0.3 is 5.97 Å². The van der Waals surface area contributed by atoms with E-state index in [0.29, 0.717) is 0 Å². The van der Waals surface area contributed by atoms with Gasteiger partial charge in [0.15, 0.2) is 0 Å². The van der Waals surface area contributed by atoms with Gasteiger partial charge in [0.05, 0.1) is 5.69 Å². The molecule has 70 valence electrons. The summed E-state index contributed by atoms with van der Waals surface area (Å²) in [5.41, 5.74) is 5.43. The minimum atomic E-state index is -1.18. The van der Waals surface area contributed by atoms with E-state index in [2.05, 4.69) is 4.98 Å². The van der Waals surface area contributed by atoms with Gasteiger partial charge in [0.25, 0.3) is 0 Å². The molecule has 1 unspecified atom stereocenters. The van der Waals surface area contributed by atoms with Crippen LogP contribution in [0.3, 0.4) is 0 Å². The van der Waals surface area contributed by atoms with Gasteiger partial charge in [0, 0.05) is 13.1 Å². The first-order valence-electron chi connectivity index (χ1n) is 3.55. The number of aromatic nitrogens is 2.